The fourth-order valence-electron chi connectivity index (χ4n) is 1.77. The van der Waals surface area contributed by atoms with E-state index in [2.05, 4.69) is 20.9 Å². The normalized spacial score (nSPS) is 20.2. The number of alkyl halides is 1. The number of halogens is 1. The van der Waals surface area contributed by atoms with E-state index in [0.29, 0.717) is 13.0 Å². The van der Waals surface area contributed by atoms with E-state index >= 15 is 0 Å². The Morgan fingerprint density at radius 3 is 3.12 bits per heavy atom. The van der Waals surface area contributed by atoms with Crippen LogP contribution in [0, 0.1) is 0 Å². The Bertz CT molecular complexity index is 537. The van der Waals surface area contributed by atoms with Crippen molar-refractivity contribution in [1.82, 2.24) is 4.98 Å². The van der Waals surface area contributed by atoms with Gasteiger partial charge in [-0.1, -0.05) is 15.9 Å². The SMILES string of the molecule is O=C1CC(Br)CN1c1nc(-c2ccco2)cs1. The summed E-state index contributed by atoms with van der Waals surface area (Å²) in [6.07, 6.45) is 2.15. The quantitative estimate of drug-likeness (QED) is 0.801. The second-order valence-electron chi connectivity index (χ2n) is 3.80. The molecule has 17 heavy (non-hydrogen) atoms. The number of carbonyl (C=O) groups excluding carboxylic acids is 1. The van der Waals surface area contributed by atoms with Crippen molar-refractivity contribution in [2.75, 3.05) is 11.4 Å². The Morgan fingerprint density at radius 1 is 1.59 bits per heavy atom. The van der Waals surface area contributed by atoms with Gasteiger partial charge in [-0.05, 0) is 12.1 Å². The first-order chi connectivity index (χ1) is 8.24. The molecule has 2 aromatic heterocycles. The van der Waals surface area contributed by atoms with Gasteiger partial charge in [-0.15, -0.1) is 11.3 Å². The van der Waals surface area contributed by atoms with E-state index in [1.165, 1.54) is 11.3 Å². The summed E-state index contributed by atoms with van der Waals surface area (Å²) in [5, 5.41) is 2.64. The molecule has 1 saturated heterocycles. The van der Waals surface area contributed by atoms with Crippen molar-refractivity contribution in [2.45, 2.75) is 11.2 Å². The molecule has 1 aliphatic heterocycles. The van der Waals surface area contributed by atoms with Crippen LogP contribution in [0.15, 0.2) is 28.2 Å². The number of nitrogens with zero attached hydrogens (tertiary/aromatic N) is 2. The Kier molecular flexibility index (Phi) is 2.76. The molecule has 0 aliphatic carbocycles. The lowest BCUT2D eigenvalue weighted by molar-refractivity contribution is -0.117. The molecule has 2 aromatic rings. The van der Waals surface area contributed by atoms with Crippen LogP contribution in [0.3, 0.4) is 0 Å². The second kappa shape index (κ2) is 4.27. The topological polar surface area (TPSA) is 46.3 Å². The molecule has 1 atom stereocenters. The summed E-state index contributed by atoms with van der Waals surface area (Å²) in [4.78, 5) is 18.1. The maximum absolute atomic E-state index is 11.7. The highest BCUT2D eigenvalue weighted by molar-refractivity contribution is 9.09. The summed E-state index contributed by atoms with van der Waals surface area (Å²) in [5.41, 5.74) is 0.779. The van der Waals surface area contributed by atoms with Gasteiger partial charge in [0.15, 0.2) is 10.9 Å². The number of hydrogen-bond acceptors (Lipinski definition) is 4. The molecule has 0 radical (unpaired) electrons. The van der Waals surface area contributed by atoms with E-state index in [1.54, 1.807) is 11.2 Å². The Labute approximate surface area is 110 Å². The molecule has 6 heteroatoms. The zero-order valence-corrected chi connectivity index (χ0v) is 11.2. The predicted molar refractivity (Wildman–Crippen MR) is 69.5 cm³/mol. The number of carbonyl (C=O) groups is 1. The van der Waals surface area contributed by atoms with Gasteiger partial charge >= 0.3 is 0 Å². The molecule has 0 N–H and O–H groups in total. The molecular formula is C11H9BrN2O2S. The van der Waals surface area contributed by atoms with E-state index < -0.39 is 0 Å². The molecule has 0 aromatic carbocycles. The van der Waals surface area contributed by atoms with Crippen LogP contribution in [0.1, 0.15) is 6.42 Å². The Balaban J connectivity index is 1.88. The minimum Gasteiger partial charge on any atom is -0.463 e. The number of thiazole rings is 1. The first-order valence-corrected chi connectivity index (χ1v) is 6.97. The molecule has 3 heterocycles. The predicted octanol–water partition coefficient (Wildman–Crippen LogP) is 2.90. The molecule has 0 saturated carbocycles. The van der Waals surface area contributed by atoms with Crippen molar-refractivity contribution in [3.8, 4) is 11.5 Å². The maximum Gasteiger partial charge on any atom is 0.230 e. The van der Waals surface area contributed by atoms with Crippen molar-refractivity contribution < 1.29 is 9.21 Å². The fraction of sp³-hybridized carbons (Fsp3) is 0.273. The minimum absolute atomic E-state index is 0.118. The van der Waals surface area contributed by atoms with Crippen LogP contribution in [0.2, 0.25) is 0 Å². The summed E-state index contributed by atoms with van der Waals surface area (Å²) in [6, 6.07) is 3.68. The standard InChI is InChI=1S/C11H9BrN2O2S/c12-7-4-10(15)14(5-7)11-13-8(6-17-11)9-2-1-3-16-9/h1-3,6-7H,4-5H2. The fourth-order valence-corrected chi connectivity index (χ4v) is 3.18. The van der Waals surface area contributed by atoms with Gasteiger partial charge in [0.1, 0.15) is 5.69 Å². The third kappa shape index (κ3) is 2.02. The lowest BCUT2D eigenvalue weighted by atomic mass is 10.4. The van der Waals surface area contributed by atoms with E-state index in [4.69, 9.17) is 4.42 Å². The highest BCUT2D eigenvalue weighted by Crippen LogP contribution is 2.31. The highest BCUT2D eigenvalue weighted by atomic mass is 79.9. The lowest BCUT2D eigenvalue weighted by Gasteiger charge is -2.10. The Hall–Kier alpha value is -1.14. The van der Waals surface area contributed by atoms with Crippen molar-refractivity contribution in [2.24, 2.45) is 0 Å². The summed E-state index contributed by atoms with van der Waals surface area (Å²) in [5.74, 6) is 0.849. The van der Waals surface area contributed by atoms with Crippen molar-refractivity contribution in [3.63, 3.8) is 0 Å². The zero-order chi connectivity index (χ0) is 11.8. The van der Waals surface area contributed by atoms with Crippen LogP contribution >= 0.6 is 27.3 Å². The smallest absolute Gasteiger partial charge is 0.230 e. The number of aromatic nitrogens is 1. The second-order valence-corrected chi connectivity index (χ2v) is 5.93. The molecular weight excluding hydrogens is 304 g/mol. The highest BCUT2D eigenvalue weighted by Gasteiger charge is 2.30. The van der Waals surface area contributed by atoms with Gasteiger partial charge in [-0.25, -0.2) is 4.98 Å². The molecule has 4 nitrogen and oxygen atoms in total. The van der Waals surface area contributed by atoms with E-state index in [9.17, 15) is 4.79 Å². The number of amides is 1. The molecule has 1 aliphatic rings. The summed E-state index contributed by atoms with van der Waals surface area (Å²) in [7, 11) is 0. The summed E-state index contributed by atoms with van der Waals surface area (Å²) >= 11 is 4.92. The summed E-state index contributed by atoms with van der Waals surface area (Å²) in [6.45, 7) is 0.684. The number of rotatable bonds is 2. The average Bonchev–Trinajstić information content (AvgIpc) is 2.97. The first kappa shape index (κ1) is 11.0. The minimum atomic E-state index is 0.118. The van der Waals surface area contributed by atoms with E-state index in [-0.39, 0.29) is 10.7 Å². The molecule has 1 amide bonds. The molecule has 88 valence electrons. The third-order valence-corrected chi connectivity index (χ3v) is 4.05. The van der Waals surface area contributed by atoms with Gasteiger partial charge in [0.2, 0.25) is 5.91 Å². The van der Waals surface area contributed by atoms with Crippen LogP contribution in [0.25, 0.3) is 11.5 Å². The largest absolute Gasteiger partial charge is 0.463 e. The van der Waals surface area contributed by atoms with Crippen LogP contribution in [0.5, 0.6) is 0 Å². The van der Waals surface area contributed by atoms with Crippen LogP contribution in [-0.2, 0) is 4.79 Å². The number of furan rings is 1. The van der Waals surface area contributed by atoms with E-state index in [0.717, 1.165) is 16.6 Å². The molecule has 3 rings (SSSR count). The van der Waals surface area contributed by atoms with Crippen molar-refractivity contribution in [1.29, 1.82) is 0 Å². The van der Waals surface area contributed by atoms with Gasteiger partial charge in [-0.2, -0.15) is 0 Å². The zero-order valence-electron chi connectivity index (χ0n) is 8.80. The van der Waals surface area contributed by atoms with Gasteiger partial charge < -0.3 is 4.42 Å². The van der Waals surface area contributed by atoms with Crippen LogP contribution < -0.4 is 4.90 Å². The molecule has 1 unspecified atom stereocenters. The van der Waals surface area contributed by atoms with Gasteiger partial charge in [0.05, 0.1) is 6.26 Å². The molecule has 1 fully saturated rings. The maximum atomic E-state index is 11.7. The number of hydrogen-bond donors (Lipinski definition) is 0. The average molecular weight is 313 g/mol. The first-order valence-electron chi connectivity index (χ1n) is 5.18. The van der Waals surface area contributed by atoms with Gasteiger partial charge in [0.25, 0.3) is 0 Å². The molecule has 0 spiro atoms. The summed E-state index contributed by atoms with van der Waals surface area (Å²) < 4.78 is 5.27. The van der Waals surface area contributed by atoms with E-state index in [1.807, 2.05) is 17.5 Å². The van der Waals surface area contributed by atoms with Gasteiger partial charge in [0, 0.05) is 23.2 Å². The van der Waals surface area contributed by atoms with Crippen LogP contribution in [0.4, 0.5) is 5.13 Å². The van der Waals surface area contributed by atoms with Crippen LogP contribution in [-0.4, -0.2) is 22.3 Å². The Morgan fingerprint density at radius 2 is 2.47 bits per heavy atom. The van der Waals surface area contributed by atoms with Gasteiger partial charge in [-0.3, -0.25) is 9.69 Å². The third-order valence-electron chi connectivity index (χ3n) is 2.57. The monoisotopic (exact) mass is 312 g/mol. The van der Waals surface area contributed by atoms with Crippen molar-refractivity contribution in [3.05, 3.63) is 23.8 Å². The molecule has 0 bridgehead atoms. The lowest BCUT2D eigenvalue weighted by Crippen LogP contribution is -2.24. The number of anilines is 1. The van der Waals surface area contributed by atoms with Crippen molar-refractivity contribution >= 4 is 38.3 Å².